The molecular formula is C19H28N2O3. The molecule has 0 aliphatic carbocycles. The van der Waals surface area contributed by atoms with Crippen LogP contribution in [0, 0.1) is 0 Å². The van der Waals surface area contributed by atoms with E-state index in [-0.39, 0.29) is 0 Å². The van der Waals surface area contributed by atoms with Crippen LogP contribution in [0.15, 0.2) is 24.3 Å². The van der Waals surface area contributed by atoms with Gasteiger partial charge in [0.15, 0.2) is 0 Å². The molecule has 1 aliphatic heterocycles. The van der Waals surface area contributed by atoms with E-state index in [1.807, 2.05) is 45.0 Å². The van der Waals surface area contributed by atoms with E-state index < -0.39 is 17.2 Å². The lowest BCUT2D eigenvalue weighted by atomic mass is 9.90. The van der Waals surface area contributed by atoms with Crippen molar-refractivity contribution in [3.05, 3.63) is 29.8 Å². The minimum Gasteiger partial charge on any atom is -0.444 e. The number of carbonyl (C=O) groups is 2. The lowest BCUT2D eigenvalue weighted by molar-refractivity contribution is -0.117. The summed E-state index contributed by atoms with van der Waals surface area (Å²) in [5.74, 6) is 0. The number of hydrogen-bond acceptors (Lipinski definition) is 4. The van der Waals surface area contributed by atoms with Crippen LogP contribution in [0.2, 0.25) is 0 Å². The molecule has 1 aromatic rings. The zero-order valence-corrected chi connectivity index (χ0v) is 15.3. The predicted molar refractivity (Wildman–Crippen MR) is 95.3 cm³/mol. The Hall–Kier alpha value is -2.04. The minimum absolute atomic E-state index is 0.506. The molecule has 2 rings (SSSR count). The third kappa shape index (κ3) is 3.71. The van der Waals surface area contributed by atoms with E-state index in [1.54, 1.807) is 14.0 Å². The highest BCUT2D eigenvalue weighted by Crippen LogP contribution is 2.35. The van der Waals surface area contributed by atoms with Crippen molar-refractivity contribution in [2.24, 2.45) is 0 Å². The van der Waals surface area contributed by atoms with Crippen LogP contribution in [-0.2, 0) is 15.1 Å². The Balaban J connectivity index is 2.39. The van der Waals surface area contributed by atoms with Gasteiger partial charge in [-0.1, -0.05) is 18.2 Å². The molecule has 1 amide bonds. The maximum Gasteiger partial charge on any atom is 0.411 e. The van der Waals surface area contributed by atoms with Gasteiger partial charge in [0, 0.05) is 31.4 Å². The number of likely N-dealkylation sites (N-methyl/N-ethyl adjacent to an activating group) is 1. The second-order valence-corrected chi connectivity index (χ2v) is 7.52. The van der Waals surface area contributed by atoms with Gasteiger partial charge in [0.05, 0.1) is 0 Å². The molecule has 0 bridgehead atoms. The number of amides is 1. The fourth-order valence-corrected chi connectivity index (χ4v) is 2.98. The Morgan fingerprint density at radius 3 is 2.29 bits per heavy atom. The summed E-state index contributed by atoms with van der Waals surface area (Å²) in [6.45, 7) is 9.16. The summed E-state index contributed by atoms with van der Waals surface area (Å²) in [5.41, 5.74) is 0.153. The van der Waals surface area contributed by atoms with Crippen LogP contribution in [0.4, 0.5) is 10.5 Å². The van der Waals surface area contributed by atoms with Crippen LogP contribution < -0.4 is 4.90 Å². The fraction of sp³-hybridized carbons (Fsp3) is 0.579. The van der Waals surface area contributed by atoms with E-state index in [2.05, 4.69) is 4.90 Å². The first-order chi connectivity index (χ1) is 11.2. The van der Waals surface area contributed by atoms with Gasteiger partial charge >= 0.3 is 6.09 Å². The highest BCUT2D eigenvalue weighted by atomic mass is 16.6. The third-order valence-corrected chi connectivity index (χ3v) is 4.49. The second-order valence-electron chi connectivity index (χ2n) is 7.52. The first-order valence-electron chi connectivity index (χ1n) is 8.46. The number of ether oxygens (including phenoxy) is 1. The molecule has 5 nitrogen and oxygen atoms in total. The second kappa shape index (κ2) is 6.83. The number of nitrogens with zero attached hydrogens (tertiary/aromatic N) is 2. The molecule has 1 aromatic carbocycles. The number of carbonyl (C=O) groups excluding carboxylic acids is 2. The molecule has 24 heavy (non-hydrogen) atoms. The van der Waals surface area contributed by atoms with Crippen LogP contribution in [0.1, 0.15) is 46.1 Å². The molecule has 1 unspecified atom stereocenters. The molecular weight excluding hydrogens is 304 g/mol. The first kappa shape index (κ1) is 18.3. The van der Waals surface area contributed by atoms with Gasteiger partial charge in [-0.15, -0.1) is 0 Å². The summed E-state index contributed by atoms with van der Waals surface area (Å²) in [6, 6.07) is 7.81. The molecule has 1 atom stereocenters. The average Bonchev–Trinajstić information content (AvgIpc) is 3.06. The Kier molecular flexibility index (Phi) is 5.21. The largest absolute Gasteiger partial charge is 0.444 e. The zero-order chi connectivity index (χ0) is 18.0. The summed E-state index contributed by atoms with van der Waals surface area (Å²) in [7, 11) is 1.61. The van der Waals surface area contributed by atoms with E-state index in [0.29, 0.717) is 0 Å². The topological polar surface area (TPSA) is 49.9 Å². The van der Waals surface area contributed by atoms with Crippen molar-refractivity contribution in [2.75, 3.05) is 25.0 Å². The van der Waals surface area contributed by atoms with Crippen molar-refractivity contribution >= 4 is 18.1 Å². The molecule has 0 aromatic heterocycles. The standard InChI is InChI=1S/C19H28N2O3/c1-18(2,3)24-17(23)20(5)19(4,14-22)15-10-6-7-11-16(15)21-12-8-9-13-21/h6-7,10-11,14H,8-9,12-13H2,1-5H3. The highest BCUT2D eigenvalue weighted by Gasteiger charge is 2.39. The third-order valence-electron chi connectivity index (χ3n) is 4.49. The van der Waals surface area contributed by atoms with Gasteiger partial charge in [-0.25, -0.2) is 4.79 Å². The summed E-state index contributed by atoms with van der Waals surface area (Å²) in [4.78, 5) is 28.2. The fourth-order valence-electron chi connectivity index (χ4n) is 2.98. The zero-order valence-electron chi connectivity index (χ0n) is 15.3. The van der Waals surface area contributed by atoms with E-state index in [4.69, 9.17) is 4.74 Å². The monoisotopic (exact) mass is 332 g/mol. The number of para-hydroxylation sites is 1. The van der Waals surface area contributed by atoms with Crippen molar-refractivity contribution in [1.29, 1.82) is 0 Å². The van der Waals surface area contributed by atoms with Crippen LogP contribution in [0.3, 0.4) is 0 Å². The van der Waals surface area contributed by atoms with Gasteiger partial charge < -0.3 is 14.4 Å². The Morgan fingerprint density at radius 2 is 1.75 bits per heavy atom. The maximum atomic E-state index is 12.5. The molecule has 132 valence electrons. The van der Waals surface area contributed by atoms with E-state index >= 15 is 0 Å². The van der Waals surface area contributed by atoms with Gasteiger partial charge in [0.2, 0.25) is 0 Å². The summed E-state index contributed by atoms with van der Waals surface area (Å²) >= 11 is 0. The minimum atomic E-state index is -1.08. The molecule has 0 N–H and O–H groups in total. The molecule has 1 aliphatic rings. The number of anilines is 1. The van der Waals surface area contributed by atoms with Crippen LogP contribution in [0.5, 0.6) is 0 Å². The van der Waals surface area contributed by atoms with Crippen LogP contribution >= 0.6 is 0 Å². The molecule has 5 heteroatoms. The highest BCUT2D eigenvalue weighted by molar-refractivity contribution is 5.80. The average molecular weight is 332 g/mol. The molecule has 1 saturated heterocycles. The van der Waals surface area contributed by atoms with E-state index in [9.17, 15) is 9.59 Å². The Morgan fingerprint density at radius 1 is 1.17 bits per heavy atom. The maximum absolute atomic E-state index is 12.5. The molecule has 0 saturated carbocycles. The quantitative estimate of drug-likeness (QED) is 0.791. The normalized spacial score (nSPS) is 17.3. The summed E-state index contributed by atoms with van der Waals surface area (Å²) < 4.78 is 5.45. The first-order valence-corrected chi connectivity index (χ1v) is 8.46. The molecule has 1 heterocycles. The Labute approximate surface area is 144 Å². The van der Waals surface area contributed by atoms with Crippen molar-refractivity contribution in [3.63, 3.8) is 0 Å². The van der Waals surface area contributed by atoms with Gasteiger partial charge in [0.25, 0.3) is 0 Å². The lowest BCUT2D eigenvalue weighted by Gasteiger charge is -2.38. The predicted octanol–water partition coefficient (Wildman–Crippen LogP) is 3.57. The van der Waals surface area contributed by atoms with Crippen molar-refractivity contribution < 1.29 is 14.3 Å². The van der Waals surface area contributed by atoms with Crippen LogP contribution in [0.25, 0.3) is 0 Å². The smallest absolute Gasteiger partial charge is 0.411 e. The number of aldehydes is 1. The number of rotatable bonds is 4. The van der Waals surface area contributed by atoms with Crippen molar-refractivity contribution in [1.82, 2.24) is 4.90 Å². The van der Waals surface area contributed by atoms with Crippen molar-refractivity contribution in [3.8, 4) is 0 Å². The number of benzene rings is 1. The van der Waals surface area contributed by atoms with Gasteiger partial charge in [0.1, 0.15) is 17.4 Å². The Bertz CT molecular complexity index is 603. The summed E-state index contributed by atoms with van der Waals surface area (Å²) in [6.07, 6.45) is 2.61. The summed E-state index contributed by atoms with van der Waals surface area (Å²) in [5, 5.41) is 0. The lowest BCUT2D eigenvalue weighted by Crippen LogP contribution is -2.48. The molecule has 0 spiro atoms. The van der Waals surface area contributed by atoms with E-state index in [0.717, 1.165) is 43.5 Å². The van der Waals surface area contributed by atoms with Crippen LogP contribution in [-0.4, -0.2) is 43.0 Å². The van der Waals surface area contributed by atoms with Crippen molar-refractivity contribution in [2.45, 2.75) is 51.7 Å². The van der Waals surface area contributed by atoms with Gasteiger partial charge in [-0.3, -0.25) is 4.90 Å². The molecule has 1 fully saturated rings. The van der Waals surface area contributed by atoms with E-state index in [1.165, 1.54) is 4.90 Å². The number of hydrogen-bond donors (Lipinski definition) is 0. The SMILES string of the molecule is CN(C(=O)OC(C)(C)C)C(C)(C=O)c1ccccc1N1CCCC1. The van der Waals surface area contributed by atoms with Gasteiger partial charge in [-0.05, 0) is 46.6 Å². The molecule has 0 radical (unpaired) electrons. The van der Waals surface area contributed by atoms with Gasteiger partial charge in [-0.2, -0.15) is 0 Å².